The average molecular weight is 289 g/mol. The van der Waals surface area contributed by atoms with Crippen LogP contribution in [0.25, 0.3) is 21.5 Å². The number of phenolic OH excluding ortho intramolecular Hbond substituents is 1. The van der Waals surface area contributed by atoms with E-state index < -0.39 is 0 Å². The number of aromatic hydroxyl groups is 1. The van der Waals surface area contributed by atoms with Gasteiger partial charge in [-0.2, -0.15) is 0 Å². The maximum Gasteiger partial charge on any atom is 0.132 e. The third-order valence-electron chi connectivity index (χ3n) is 2.81. The van der Waals surface area contributed by atoms with Crippen LogP contribution in [0.3, 0.4) is 0 Å². The van der Waals surface area contributed by atoms with E-state index >= 15 is 0 Å². The van der Waals surface area contributed by atoms with E-state index in [0.717, 1.165) is 26.0 Å². The van der Waals surface area contributed by atoms with E-state index in [4.69, 9.17) is 0 Å². The van der Waals surface area contributed by atoms with Gasteiger partial charge in [-0.3, -0.25) is 0 Å². The number of phenols is 1. The summed E-state index contributed by atoms with van der Waals surface area (Å²) in [6.07, 6.45) is 0. The molecule has 0 saturated heterocycles. The summed E-state index contributed by atoms with van der Waals surface area (Å²) >= 11 is 3.47. The first-order chi connectivity index (χ1) is 7.77. The highest BCUT2D eigenvalue weighted by atomic mass is 79.9. The Morgan fingerprint density at radius 1 is 0.882 bits per heavy atom. The predicted octanol–water partition coefficient (Wildman–Crippen LogP) is 5.10. The Bertz CT molecular complexity index is 689. The third-order valence-corrected chi connectivity index (χ3v) is 3.47. The number of hydrogen-bond donors (Lipinski definition) is 1. The van der Waals surface area contributed by atoms with Gasteiger partial charge in [0.25, 0.3) is 0 Å². The van der Waals surface area contributed by atoms with Crippen LogP contribution in [0.2, 0.25) is 0 Å². The molecule has 1 N–H and O–H groups in total. The van der Waals surface area contributed by atoms with Crippen LogP contribution in [0.1, 0.15) is 7.43 Å². The molecule has 2 heteroatoms. The lowest BCUT2D eigenvalue weighted by molar-refractivity contribution is 0.487. The van der Waals surface area contributed by atoms with E-state index in [-0.39, 0.29) is 7.43 Å². The van der Waals surface area contributed by atoms with Gasteiger partial charge in [-0.15, -0.1) is 0 Å². The smallest absolute Gasteiger partial charge is 0.132 e. The Morgan fingerprint density at radius 3 is 2.41 bits per heavy atom. The standard InChI is InChI=1S/C14H9BrO.CH4/c15-12-7-3-5-10-8-9-4-1-2-6-11(9)14(16)13(10)12;/h1-8,16H;1H4. The minimum atomic E-state index is 0. The van der Waals surface area contributed by atoms with Crippen LogP contribution in [0.5, 0.6) is 5.75 Å². The van der Waals surface area contributed by atoms with Crippen molar-refractivity contribution in [3.8, 4) is 5.75 Å². The zero-order valence-corrected chi connectivity index (χ0v) is 10.0. The second-order valence-electron chi connectivity index (χ2n) is 3.78. The minimum Gasteiger partial charge on any atom is -0.507 e. The molecule has 0 unspecified atom stereocenters. The molecule has 0 amide bonds. The molecule has 0 aliphatic rings. The molecule has 0 bridgehead atoms. The lowest BCUT2D eigenvalue weighted by Crippen LogP contribution is -1.79. The van der Waals surface area contributed by atoms with Gasteiger partial charge in [0.1, 0.15) is 5.75 Å². The number of benzene rings is 3. The zero-order valence-electron chi connectivity index (χ0n) is 8.44. The Morgan fingerprint density at radius 2 is 1.59 bits per heavy atom. The molecular weight excluding hydrogens is 276 g/mol. The molecule has 0 atom stereocenters. The maximum absolute atomic E-state index is 10.3. The first-order valence-electron chi connectivity index (χ1n) is 5.06. The molecule has 17 heavy (non-hydrogen) atoms. The number of fused-ring (bicyclic) bond motifs is 2. The van der Waals surface area contributed by atoms with E-state index in [0.29, 0.717) is 5.75 Å². The van der Waals surface area contributed by atoms with Crippen molar-refractivity contribution in [2.24, 2.45) is 0 Å². The van der Waals surface area contributed by atoms with Crippen molar-refractivity contribution in [1.82, 2.24) is 0 Å². The SMILES string of the molecule is C.Oc1c2ccccc2cc2cccc(Br)c12. The summed E-state index contributed by atoms with van der Waals surface area (Å²) in [5.41, 5.74) is 0. The highest BCUT2D eigenvalue weighted by Gasteiger charge is 2.08. The molecule has 0 saturated carbocycles. The summed E-state index contributed by atoms with van der Waals surface area (Å²) in [6.45, 7) is 0. The largest absolute Gasteiger partial charge is 0.507 e. The molecule has 3 aromatic carbocycles. The van der Waals surface area contributed by atoms with Gasteiger partial charge in [0.05, 0.1) is 0 Å². The summed E-state index contributed by atoms with van der Waals surface area (Å²) in [7, 11) is 0. The minimum absolute atomic E-state index is 0. The molecule has 3 rings (SSSR count). The topological polar surface area (TPSA) is 20.2 Å². The van der Waals surface area contributed by atoms with Gasteiger partial charge in [-0.1, -0.05) is 59.8 Å². The van der Waals surface area contributed by atoms with Crippen LogP contribution in [0, 0.1) is 0 Å². The predicted molar refractivity (Wildman–Crippen MR) is 77.5 cm³/mol. The van der Waals surface area contributed by atoms with Crippen molar-refractivity contribution in [2.75, 3.05) is 0 Å². The van der Waals surface area contributed by atoms with Gasteiger partial charge in [0.15, 0.2) is 0 Å². The fraction of sp³-hybridized carbons (Fsp3) is 0.0667. The Hall–Kier alpha value is -1.54. The van der Waals surface area contributed by atoms with E-state index in [2.05, 4.69) is 22.0 Å². The molecule has 0 aliphatic heterocycles. The summed E-state index contributed by atoms with van der Waals surface area (Å²) in [5.74, 6) is 0.348. The van der Waals surface area contributed by atoms with Crippen LogP contribution in [0.15, 0.2) is 53.0 Å². The summed E-state index contributed by atoms with van der Waals surface area (Å²) < 4.78 is 0.924. The first-order valence-corrected chi connectivity index (χ1v) is 5.85. The van der Waals surface area contributed by atoms with Crippen molar-refractivity contribution in [2.45, 2.75) is 7.43 Å². The van der Waals surface area contributed by atoms with E-state index in [1.165, 1.54) is 0 Å². The van der Waals surface area contributed by atoms with Crippen LogP contribution in [-0.2, 0) is 0 Å². The summed E-state index contributed by atoms with van der Waals surface area (Å²) in [5, 5.41) is 14.1. The fourth-order valence-electron chi connectivity index (χ4n) is 2.05. The molecule has 3 aromatic rings. The van der Waals surface area contributed by atoms with Gasteiger partial charge in [0, 0.05) is 15.2 Å². The molecule has 0 heterocycles. The van der Waals surface area contributed by atoms with E-state index in [1.807, 2.05) is 42.5 Å². The molecule has 86 valence electrons. The zero-order chi connectivity index (χ0) is 11.1. The summed E-state index contributed by atoms with van der Waals surface area (Å²) in [4.78, 5) is 0. The molecule has 0 aliphatic carbocycles. The highest BCUT2D eigenvalue weighted by molar-refractivity contribution is 9.10. The molecule has 0 fully saturated rings. The summed E-state index contributed by atoms with van der Waals surface area (Å²) in [6, 6.07) is 15.9. The van der Waals surface area contributed by atoms with Gasteiger partial charge in [0.2, 0.25) is 0 Å². The number of hydrogen-bond acceptors (Lipinski definition) is 1. The lowest BCUT2D eigenvalue weighted by atomic mass is 10.0. The second-order valence-corrected chi connectivity index (χ2v) is 4.64. The van der Waals surface area contributed by atoms with Gasteiger partial charge < -0.3 is 5.11 Å². The fourth-order valence-corrected chi connectivity index (χ4v) is 2.62. The van der Waals surface area contributed by atoms with Gasteiger partial charge >= 0.3 is 0 Å². The average Bonchev–Trinajstić information content (AvgIpc) is 2.29. The Kier molecular flexibility index (Phi) is 3.07. The van der Waals surface area contributed by atoms with Crippen molar-refractivity contribution >= 4 is 37.5 Å². The normalized spacial score (nSPS) is 10.4. The van der Waals surface area contributed by atoms with Crippen molar-refractivity contribution in [3.63, 3.8) is 0 Å². The van der Waals surface area contributed by atoms with Crippen LogP contribution >= 0.6 is 15.9 Å². The number of rotatable bonds is 0. The molecule has 0 spiro atoms. The molecule has 1 nitrogen and oxygen atoms in total. The van der Waals surface area contributed by atoms with Crippen LogP contribution < -0.4 is 0 Å². The van der Waals surface area contributed by atoms with Crippen molar-refractivity contribution in [1.29, 1.82) is 0 Å². The van der Waals surface area contributed by atoms with Crippen LogP contribution in [-0.4, -0.2) is 5.11 Å². The first kappa shape index (κ1) is 11.9. The molecule has 0 aromatic heterocycles. The monoisotopic (exact) mass is 288 g/mol. The van der Waals surface area contributed by atoms with E-state index in [1.54, 1.807) is 0 Å². The van der Waals surface area contributed by atoms with Crippen molar-refractivity contribution < 1.29 is 5.11 Å². The van der Waals surface area contributed by atoms with Crippen LogP contribution in [0.4, 0.5) is 0 Å². The van der Waals surface area contributed by atoms with Gasteiger partial charge in [-0.05, 0) is 22.9 Å². The number of halogens is 1. The van der Waals surface area contributed by atoms with Gasteiger partial charge in [-0.25, -0.2) is 0 Å². The Balaban J connectivity index is 0.00000108. The molecule has 0 radical (unpaired) electrons. The van der Waals surface area contributed by atoms with Crippen molar-refractivity contribution in [3.05, 3.63) is 53.0 Å². The lowest BCUT2D eigenvalue weighted by Gasteiger charge is -2.07. The maximum atomic E-state index is 10.3. The third kappa shape index (κ3) is 1.79. The Labute approximate surface area is 109 Å². The highest BCUT2D eigenvalue weighted by Crippen LogP contribution is 2.37. The second kappa shape index (κ2) is 4.38. The van der Waals surface area contributed by atoms with E-state index in [9.17, 15) is 5.11 Å². The quantitative estimate of drug-likeness (QED) is 0.571. The molecular formula is C15H13BrO.